The van der Waals surface area contributed by atoms with E-state index in [1.165, 1.54) is 18.2 Å². The molecule has 4 heteroatoms. The van der Waals surface area contributed by atoms with Gasteiger partial charge in [-0.25, -0.2) is 0 Å². The molecule has 0 spiro atoms. The quantitative estimate of drug-likeness (QED) is 0.805. The number of hydrogen-bond acceptors (Lipinski definition) is 4. The zero-order chi connectivity index (χ0) is 16.0. The van der Waals surface area contributed by atoms with Gasteiger partial charge < -0.3 is 15.2 Å². The van der Waals surface area contributed by atoms with Gasteiger partial charge in [-0.15, -0.1) is 0 Å². The molecule has 0 aromatic heterocycles. The van der Waals surface area contributed by atoms with Crippen molar-refractivity contribution in [2.75, 3.05) is 13.7 Å². The van der Waals surface area contributed by atoms with Crippen molar-refractivity contribution >= 4 is 5.97 Å². The van der Waals surface area contributed by atoms with Gasteiger partial charge in [0.25, 0.3) is 0 Å². The Kier molecular flexibility index (Phi) is 9.33. The Morgan fingerprint density at radius 2 is 1.41 bits per heavy atom. The van der Waals surface area contributed by atoms with Gasteiger partial charge in [-0.3, -0.25) is 4.79 Å². The van der Waals surface area contributed by atoms with Gasteiger partial charge in [-0.2, -0.15) is 0 Å². The Morgan fingerprint density at radius 1 is 0.955 bits per heavy atom. The summed E-state index contributed by atoms with van der Waals surface area (Å²) >= 11 is 0. The SMILES string of the molecule is COC(=O)CCO.c1ccc(CNCc2ccccc2)cc1. The van der Waals surface area contributed by atoms with Crippen LogP contribution < -0.4 is 5.32 Å². The molecule has 2 rings (SSSR count). The number of carbonyl (C=O) groups excluding carboxylic acids is 1. The highest BCUT2D eigenvalue weighted by Gasteiger charge is 1.94. The summed E-state index contributed by atoms with van der Waals surface area (Å²) in [6, 6.07) is 20.9. The van der Waals surface area contributed by atoms with Crippen LogP contribution in [0.25, 0.3) is 0 Å². The van der Waals surface area contributed by atoms with Crippen molar-refractivity contribution in [1.29, 1.82) is 0 Å². The summed E-state index contributed by atoms with van der Waals surface area (Å²) in [6.45, 7) is 1.72. The fraction of sp³-hybridized carbons (Fsp3) is 0.278. The lowest BCUT2D eigenvalue weighted by molar-refractivity contribution is -0.141. The standard InChI is InChI=1S/C14H15N.C4H8O3/c1-3-7-13(8-4-1)11-15-12-14-9-5-2-6-10-14;1-7-4(6)2-3-5/h1-10,15H,11-12H2;5H,2-3H2,1H3. The maximum absolute atomic E-state index is 10.0. The number of aliphatic hydroxyl groups excluding tert-OH is 1. The molecule has 0 unspecified atom stereocenters. The third-order valence-corrected chi connectivity index (χ3v) is 2.89. The van der Waals surface area contributed by atoms with Crippen molar-refractivity contribution in [2.45, 2.75) is 19.5 Å². The minimum absolute atomic E-state index is 0.0938. The molecule has 0 aliphatic carbocycles. The summed E-state index contributed by atoms with van der Waals surface area (Å²) in [5, 5.41) is 11.5. The number of carbonyl (C=O) groups is 1. The predicted molar refractivity (Wildman–Crippen MR) is 87.1 cm³/mol. The third kappa shape index (κ3) is 8.19. The largest absolute Gasteiger partial charge is 0.469 e. The molecule has 0 bridgehead atoms. The summed E-state index contributed by atoms with van der Waals surface area (Å²) in [7, 11) is 1.29. The van der Waals surface area contributed by atoms with Gasteiger partial charge in [-0.05, 0) is 11.1 Å². The Morgan fingerprint density at radius 3 is 1.73 bits per heavy atom. The van der Waals surface area contributed by atoms with Gasteiger partial charge in [0, 0.05) is 13.1 Å². The van der Waals surface area contributed by atoms with E-state index in [1.807, 2.05) is 12.1 Å². The molecule has 0 atom stereocenters. The first kappa shape index (κ1) is 17.9. The van der Waals surface area contributed by atoms with Crippen molar-refractivity contribution < 1.29 is 14.6 Å². The summed E-state index contributed by atoms with van der Waals surface area (Å²) in [5.74, 6) is -0.373. The van der Waals surface area contributed by atoms with Crippen LogP contribution in [0.2, 0.25) is 0 Å². The van der Waals surface area contributed by atoms with Gasteiger partial charge in [0.1, 0.15) is 0 Å². The molecule has 0 radical (unpaired) electrons. The van der Waals surface area contributed by atoms with Crippen LogP contribution >= 0.6 is 0 Å². The topological polar surface area (TPSA) is 58.6 Å². The molecule has 2 N–H and O–H groups in total. The minimum Gasteiger partial charge on any atom is -0.469 e. The lowest BCUT2D eigenvalue weighted by Gasteiger charge is -2.04. The summed E-state index contributed by atoms with van der Waals surface area (Å²) in [6.07, 6.45) is 0.0938. The van der Waals surface area contributed by atoms with Crippen LogP contribution in [-0.2, 0) is 22.6 Å². The van der Waals surface area contributed by atoms with E-state index in [9.17, 15) is 4.79 Å². The van der Waals surface area contributed by atoms with E-state index >= 15 is 0 Å². The molecule has 22 heavy (non-hydrogen) atoms. The molecule has 0 aliphatic rings. The number of ether oxygens (including phenoxy) is 1. The molecule has 4 nitrogen and oxygen atoms in total. The molecule has 0 fully saturated rings. The van der Waals surface area contributed by atoms with E-state index in [1.54, 1.807) is 0 Å². The maximum Gasteiger partial charge on any atom is 0.307 e. The first-order valence-electron chi connectivity index (χ1n) is 7.22. The highest BCUT2D eigenvalue weighted by atomic mass is 16.5. The average Bonchev–Trinajstić information content (AvgIpc) is 2.57. The van der Waals surface area contributed by atoms with Crippen molar-refractivity contribution in [3.05, 3.63) is 71.8 Å². The molecule has 0 amide bonds. The smallest absolute Gasteiger partial charge is 0.307 e. The molecular weight excluding hydrogens is 278 g/mol. The van der Waals surface area contributed by atoms with E-state index in [0.29, 0.717) is 0 Å². The van der Waals surface area contributed by atoms with E-state index in [4.69, 9.17) is 5.11 Å². The molecule has 0 saturated carbocycles. The van der Waals surface area contributed by atoms with Crippen molar-refractivity contribution in [3.63, 3.8) is 0 Å². The van der Waals surface area contributed by atoms with Crippen LogP contribution in [0.3, 0.4) is 0 Å². The average molecular weight is 301 g/mol. The first-order valence-corrected chi connectivity index (χ1v) is 7.22. The van der Waals surface area contributed by atoms with Crippen molar-refractivity contribution in [3.8, 4) is 0 Å². The van der Waals surface area contributed by atoms with Crippen LogP contribution in [0.15, 0.2) is 60.7 Å². The van der Waals surface area contributed by atoms with Crippen LogP contribution in [0.5, 0.6) is 0 Å². The molecule has 0 saturated heterocycles. The van der Waals surface area contributed by atoms with Crippen LogP contribution in [0, 0.1) is 0 Å². The molecular formula is C18H23NO3. The summed E-state index contributed by atoms with van der Waals surface area (Å²) < 4.78 is 4.19. The second kappa shape index (κ2) is 11.5. The number of esters is 1. The predicted octanol–water partition coefficient (Wildman–Crippen LogP) is 2.52. The zero-order valence-corrected chi connectivity index (χ0v) is 12.9. The van der Waals surface area contributed by atoms with Crippen LogP contribution in [0.1, 0.15) is 17.5 Å². The second-order valence-corrected chi connectivity index (χ2v) is 4.62. The van der Waals surface area contributed by atoms with Crippen LogP contribution in [-0.4, -0.2) is 24.8 Å². The van der Waals surface area contributed by atoms with Gasteiger partial charge in [0.05, 0.1) is 20.1 Å². The van der Waals surface area contributed by atoms with Crippen molar-refractivity contribution in [1.82, 2.24) is 5.32 Å². The first-order chi connectivity index (χ1) is 10.8. The molecule has 2 aromatic carbocycles. The molecule has 0 aliphatic heterocycles. The number of nitrogens with one attached hydrogen (secondary N) is 1. The lowest BCUT2D eigenvalue weighted by atomic mass is 10.2. The van der Waals surface area contributed by atoms with E-state index < -0.39 is 0 Å². The lowest BCUT2D eigenvalue weighted by Crippen LogP contribution is -2.12. The highest BCUT2D eigenvalue weighted by molar-refractivity contribution is 5.69. The van der Waals surface area contributed by atoms with Gasteiger partial charge in [0.15, 0.2) is 0 Å². The minimum atomic E-state index is -0.373. The molecule has 118 valence electrons. The number of benzene rings is 2. The Bertz CT molecular complexity index is 475. The molecule has 2 aromatic rings. The number of hydrogen-bond donors (Lipinski definition) is 2. The van der Waals surface area contributed by atoms with Gasteiger partial charge in [0.2, 0.25) is 0 Å². The van der Waals surface area contributed by atoms with Crippen molar-refractivity contribution in [2.24, 2.45) is 0 Å². The Labute approximate surface area is 131 Å². The highest BCUT2D eigenvalue weighted by Crippen LogP contribution is 2.00. The Hall–Kier alpha value is -2.17. The summed E-state index contributed by atoms with van der Waals surface area (Å²) in [5.41, 5.74) is 2.65. The third-order valence-electron chi connectivity index (χ3n) is 2.89. The normalized spacial score (nSPS) is 9.55. The van der Waals surface area contributed by atoms with E-state index in [2.05, 4.69) is 58.6 Å². The van der Waals surface area contributed by atoms with Gasteiger partial charge in [-0.1, -0.05) is 60.7 Å². The van der Waals surface area contributed by atoms with Crippen LogP contribution in [0.4, 0.5) is 0 Å². The second-order valence-electron chi connectivity index (χ2n) is 4.62. The fourth-order valence-electron chi connectivity index (χ4n) is 1.74. The zero-order valence-electron chi connectivity index (χ0n) is 12.9. The summed E-state index contributed by atoms with van der Waals surface area (Å²) in [4.78, 5) is 10.0. The number of methoxy groups -OCH3 is 1. The molecule has 0 heterocycles. The number of rotatable bonds is 6. The monoisotopic (exact) mass is 301 g/mol. The maximum atomic E-state index is 10.0. The van der Waals surface area contributed by atoms with E-state index in [-0.39, 0.29) is 19.0 Å². The fourth-order valence-corrected chi connectivity index (χ4v) is 1.74. The Balaban J connectivity index is 0.000000295. The number of aliphatic hydroxyl groups is 1. The van der Waals surface area contributed by atoms with Gasteiger partial charge >= 0.3 is 5.97 Å². The van der Waals surface area contributed by atoms with E-state index in [0.717, 1.165) is 13.1 Å².